The molecule has 0 aromatic heterocycles. The summed E-state index contributed by atoms with van der Waals surface area (Å²) < 4.78 is 16.2. The molecule has 2 aromatic carbocycles. The fraction of sp³-hybridized carbons (Fsp3) is 0.391. The van der Waals surface area contributed by atoms with Crippen LogP contribution in [0.2, 0.25) is 0 Å². The molecule has 1 unspecified atom stereocenters. The van der Waals surface area contributed by atoms with Gasteiger partial charge in [-0.3, -0.25) is 9.59 Å². The summed E-state index contributed by atoms with van der Waals surface area (Å²) in [5, 5.41) is 2.85. The molecule has 0 heterocycles. The Morgan fingerprint density at radius 2 is 1.60 bits per heavy atom. The summed E-state index contributed by atoms with van der Waals surface area (Å²) in [5.41, 5.74) is 0.934. The molecule has 0 saturated carbocycles. The highest BCUT2D eigenvalue weighted by Gasteiger charge is 2.26. The minimum absolute atomic E-state index is 0.191. The number of hydrogen-bond donors (Lipinski definition) is 1. The Morgan fingerprint density at radius 1 is 1.00 bits per heavy atom. The van der Waals surface area contributed by atoms with E-state index >= 15 is 0 Å². The molecule has 0 aliphatic carbocycles. The summed E-state index contributed by atoms with van der Waals surface area (Å²) in [6.45, 7) is 4.37. The fourth-order valence-electron chi connectivity index (χ4n) is 2.85. The number of nitrogens with zero attached hydrogens (tertiary/aromatic N) is 1. The second-order valence-corrected chi connectivity index (χ2v) is 6.81. The topological polar surface area (TPSA) is 77.1 Å². The second-order valence-electron chi connectivity index (χ2n) is 6.81. The fourth-order valence-corrected chi connectivity index (χ4v) is 2.85. The molecule has 2 rings (SSSR count). The molecule has 0 radical (unpaired) electrons. The summed E-state index contributed by atoms with van der Waals surface area (Å²) >= 11 is 0. The van der Waals surface area contributed by atoms with Crippen molar-refractivity contribution in [2.75, 3.05) is 27.4 Å². The monoisotopic (exact) mass is 414 g/mol. The molecule has 0 aliphatic rings. The maximum Gasteiger partial charge on any atom is 0.261 e. The minimum atomic E-state index is -0.632. The van der Waals surface area contributed by atoms with Crippen LogP contribution in [-0.2, 0) is 16.1 Å². The number of ether oxygens (including phenoxy) is 3. The molecular weight excluding hydrogens is 384 g/mol. The van der Waals surface area contributed by atoms with Crippen molar-refractivity contribution in [3.63, 3.8) is 0 Å². The van der Waals surface area contributed by atoms with E-state index in [0.717, 1.165) is 12.0 Å². The van der Waals surface area contributed by atoms with Gasteiger partial charge in [0.1, 0.15) is 23.3 Å². The first-order chi connectivity index (χ1) is 14.5. The first-order valence-electron chi connectivity index (χ1n) is 9.95. The standard InChI is InChI=1S/C23H30N2O5/c1-5-11-24-23(27)17(2)25(15-18-9-7-6-8-10-18)22(26)16-30-21-13-19(28-3)12-20(14-21)29-4/h6-10,12-14,17H,5,11,15-16H2,1-4H3,(H,24,27). The van der Waals surface area contributed by atoms with Gasteiger partial charge in [0.05, 0.1) is 14.2 Å². The average molecular weight is 415 g/mol. The Balaban J connectivity index is 2.14. The average Bonchev–Trinajstić information content (AvgIpc) is 2.79. The van der Waals surface area contributed by atoms with E-state index in [1.165, 1.54) is 4.90 Å². The van der Waals surface area contributed by atoms with Crippen molar-refractivity contribution in [1.82, 2.24) is 10.2 Å². The Hall–Kier alpha value is -3.22. The van der Waals surface area contributed by atoms with Crippen LogP contribution in [-0.4, -0.2) is 50.1 Å². The molecule has 7 nitrogen and oxygen atoms in total. The van der Waals surface area contributed by atoms with Crippen molar-refractivity contribution in [3.8, 4) is 17.2 Å². The number of rotatable bonds is 11. The lowest BCUT2D eigenvalue weighted by Crippen LogP contribution is -2.49. The van der Waals surface area contributed by atoms with Crippen molar-refractivity contribution < 1.29 is 23.8 Å². The van der Waals surface area contributed by atoms with Crippen molar-refractivity contribution in [3.05, 3.63) is 54.1 Å². The number of hydrogen-bond acceptors (Lipinski definition) is 5. The molecular formula is C23H30N2O5. The number of carbonyl (C=O) groups is 2. The molecule has 2 aromatic rings. The van der Waals surface area contributed by atoms with Crippen LogP contribution in [0.5, 0.6) is 17.2 Å². The van der Waals surface area contributed by atoms with Crippen molar-refractivity contribution >= 4 is 11.8 Å². The third-order valence-corrected chi connectivity index (χ3v) is 4.60. The predicted molar refractivity (Wildman–Crippen MR) is 115 cm³/mol. The van der Waals surface area contributed by atoms with Gasteiger partial charge >= 0.3 is 0 Å². The normalized spacial score (nSPS) is 11.3. The quantitative estimate of drug-likeness (QED) is 0.612. The molecule has 2 amide bonds. The SMILES string of the molecule is CCCNC(=O)C(C)N(Cc1ccccc1)C(=O)COc1cc(OC)cc(OC)c1. The molecule has 1 atom stereocenters. The van der Waals surface area contributed by atoms with E-state index < -0.39 is 6.04 Å². The van der Waals surface area contributed by atoms with Crippen LogP contribution in [0.1, 0.15) is 25.8 Å². The molecule has 1 N–H and O–H groups in total. The Bertz CT molecular complexity index is 803. The third-order valence-electron chi connectivity index (χ3n) is 4.60. The van der Waals surface area contributed by atoms with Crippen LogP contribution in [0.25, 0.3) is 0 Å². The second kappa shape index (κ2) is 11.7. The van der Waals surface area contributed by atoms with Gasteiger partial charge in [-0.1, -0.05) is 37.3 Å². The van der Waals surface area contributed by atoms with E-state index in [4.69, 9.17) is 14.2 Å². The molecule has 0 fully saturated rings. The third kappa shape index (κ3) is 6.69. The van der Waals surface area contributed by atoms with Gasteiger partial charge < -0.3 is 24.4 Å². The first kappa shape index (κ1) is 23.1. The summed E-state index contributed by atoms with van der Waals surface area (Å²) in [4.78, 5) is 27.0. The highest BCUT2D eigenvalue weighted by Crippen LogP contribution is 2.27. The maximum absolute atomic E-state index is 13.0. The van der Waals surface area contributed by atoms with Crippen LogP contribution < -0.4 is 19.5 Å². The van der Waals surface area contributed by atoms with Crippen LogP contribution in [0.3, 0.4) is 0 Å². The van der Waals surface area contributed by atoms with Crippen molar-refractivity contribution in [1.29, 1.82) is 0 Å². The van der Waals surface area contributed by atoms with Gasteiger partial charge in [-0.25, -0.2) is 0 Å². The summed E-state index contributed by atoms with van der Waals surface area (Å²) in [5.74, 6) is 1.08. The lowest BCUT2D eigenvalue weighted by molar-refractivity contribution is -0.142. The van der Waals surface area contributed by atoms with E-state index in [9.17, 15) is 9.59 Å². The van der Waals surface area contributed by atoms with Crippen LogP contribution in [0.15, 0.2) is 48.5 Å². The zero-order valence-corrected chi connectivity index (χ0v) is 18.0. The number of amides is 2. The smallest absolute Gasteiger partial charge is 0.261 e. The number of methoxy groups -OCH3 is 2. The summed E-state index contributed by atoms with van der Waals surface area (Å²) in [7, 11) is 3.09. The predicted octanol–water partition coefficient (Wildman–Crippen LogP) is 3.03. The van der Waals surface area contributed by atoms with E-state index in [-0.39, 0.29) is 18.4 Å². The van der Waals surface area contributed by atoms with E-state index in [1.807, 2.05) is 37.3 Å². The molecule has 30 heavy (non-hydrogen) atoms. The van der Waals surface area contributed by atoms with Gasteiger partial charge in [0.15, 0.2) is 6.61 Å². The first-order valence-corrected chi connectivity index (χ1v) is 9.95. The van der Waals surface area contributed by atoms with Crippen LogP contribution >= 0.6 is 0 Å². The summed E-state index contributed by atoms with van der Waals surface area (Å²) in [6, 6.07) is 14.0. The van der Waals surface area contributed by atoms with Gasteiger partial charge in [-0.05, 0) is 18.9 Å². The van der Waals surface area contributed by atoms with Gasteiger partial charge in [0.2, 0.25) is 5.91 Å². The van der Waals surface area contributed by atoms with Crippen LogP contribution in [0, 0.1) is 0 Å². The molecule has 7 heteroatoms. The van der Waals surface area contributed by atoms with E-state index in [2.05, 4.69) is 5.32 Å². The van der Waals surface area contributed by atoms with Crippen molar-refractivity contribution in [2.24, 2.45) is 0 Å². The van der Waals surface area contributed by atoms with Gasteiger partial charge in [0, 0.05) is 31.3 Å². The number of nitrogens with one attached hydrogen (secondary N) is 1. The van der Waals surface area contributed by atoms with Gasteiger partial charge in [0.25, 0.3) is 5.91 Å². The van der Waals surface area contributed by atoms with E-state index in [0.29, 0.717) is 30.3 Å². The van der Waals surface area contributed by atoms with Gasteiger partial charge in [-0.15, -0.1) is 0 Å². The zero-order valence-electron chi connectivity index (χ0n) is 18.0. The highest BCUT2D eigenvalue weighted by atomic mass is 16.5. The van der Waals surface area contributed by atoms with Crippen LogP contribution in [0.4, 0.5) is 0 Å². The van der Waals surface area contributed by atoms with Crippen molar-refractivity contribution in [2.45, 2.75) is 32.9 Å². The largest absolute Gasteiger partial charge is 0.496 e. The summed E-state index contributed by atoms with van der Waals surface area (Å²) in [6.07, 6.45) is 0.825. The lowest BCUT2D eigenvalue weighted by atomic mass is 10.1. The Kier molecular flexibility index (Phi) is 9.00. The number of carbonyl (C=O) groups excluding carboxylic acids is 2. The molecule has 0 aliphatic heterocycles. The molecule has 0 bridgehead atoms. The Labute approximate surface area is 177 Å². The zero-order chi connectivity index (χ0) is 21.9. The molecule has 0 spiro atoms. The Morgan fingerprint density at radius 3 is 2.17 bits per heavy atom. The minimum Gasteiger partial charge on any atom is -0.496 e. The van der Waals surface area contributed by atoms with Gasteiger partial charge in [-0.2, -0.15) is 0 Å². The molecule has 162 valence electrons. The number of benzene rings is 2. The lowest BCUT2D eigenvalue weighted by Gasteiger charge is -2.28. The molecule has 0 saturated heterocycles. The van der Waals surface area contributed by atoms with E-state index in [1.54, 1.807) is 39.3 Å². The maximum atomic E-state index is 13.0. The highest BCUT2D eigenvalue weighted by molar-refractivity contribution is 5.87.